The van der Waals surface area contributed by atoms with Crippen molar-refractivity contribution in [1.29, 1.82) is 0 Å². The van der Waals surface area contributed by atoms with Crippen molar-refractivity contribution in [3.8, 4) is 0 Å². The maximum Gasteiger partial charge on any atom is 0.305 e. The molecule has 56 valence electrons. The molecule has 0 saturated carbocycles. The number of carboxylic acid groups (broad SMARTS) is 1. The van der Waals surface area contributed by atoms with Crippen LogP contribution in [0.15, 0.2) is 5.11 Å². The zero-order chi connectivity index (χ0) is 7.98. The van der Waals surface area contributed by atoms with Crippen molar-refractivity contribution in [2.24, 2.45) is 5.11 Å². The third kappa shape index (κ3) is 4.89. The van der Waals surface area contributed by atoms with Crippen LogP contribution in [-0.4, -0.2) is 28.8 Å². The molecule has 0 aromatic rings. The zero-order valence-electron chi connectivity index (χ0n) is 5.14. The number of rotatable bonds is 4. The summed E-state index contributed by atoms with van der Waals surface area (Å²) in [6.07, 6.45) is -1.47. The summed E-state index contributed by atoms with van der Waals surface area (Å²) in [5, 5.41) is 19.8. The molecule has 0 radical (unpaired) electrons. The van der Waals surface area contributed by atoms with Crippen LogP contribution in [0, 0.1) is 0 Å². The van der Waals surface area contributed by atoms with Crippen LogP contribution in [0.3, 0.4) is 0 Å². The van der Waals surface area contributed by atoms with E-state index < -0.39 is 12.1 Å². The van der Waals surface area contributed by atoms with Crippen LogP contribution in [0.1, 0.15) is 6.42 Å². The highest BCUT2D eigenvalue weighted by Crippen LogP contribution is 1.91. The van der Waals surface area contributed by atoms with Gasteiger partial charge in [0, 0.05) is 4.91 Å². The Bertz CT molecular complexity index is 159. The second kappa shape index (κ2) is 4.60. The molecular formula is C4H7N3O3. The van der Waals surface area contributed by atoms with Crippen LogP contribution in [0.4, 0.5) is 0 Å². The predicted molar refractivity (Wildman–Crippen MR) is 32.3 cm³/mol. The summed E-state index contributed by atoms with van der Waals surface area (Å²) in [5.74, 6) is -1.11. The van der Waals surface area contributed by atoms with E-state index in [-0.39, 0.29) is 13.0 Å². The normalized spacial score (nSPS) is 11.7. The Balaban J connectivity index is 3.52. The molecule has 0 aliphatic carbocycles. The van der Waals surface area contributed by atoms with Crippen molar-refractivity contribution >= 4 is 5.97 Å². The molecular weight excluding hydrogens is 138 g/mol. The number of azide groups is 1. The van der Waals surface area contributed by atoms with Crippen LogP contribution in [0.25, 0.3) is 10.4 Å². The van der Waals surface area contributed by atoms with Gasteiger partial charge in [0.15, 0.2) is 0 Å². The number of nitrogens with zero attached hydrogens (tertiary/aromatic N) is 3. The highest BCUT2D eigenvalue weighted by atomic mass is 16.4. The smallest absolute Gasteiger partial charge is 0.305 e. The predicted octanol–water partition coefficient (Wildman–Crippen LogP) is 0.132. The van der Waals surface area contributed by atoms with Gasteiger partial charge in [-0.1, -0.05) is 5.11 Å². The Morgan fingerprint density at radius 2 is 2.40 bits per heavy atom. The second-order valence-corrected chi connectivity index (χ2v) is 1.67. The Morgan fingerprint density at radius 1 is 1.80 bits per heavy atom. The number of aliphatic carboxylic acids is 1. The van der Waals surface area contributed by atoms with Gasteiger partial charge in [0.05, 0.1) is 19.1 Å². The quantitative estimate of drug-likeness (QED) is 0.333. The van der Waals surface area contributed by atoms with Gasteiger partial charge in [-0.3, -0.25) is 4.79 Å². The Kier molecular flexibility index (Phi) is 4.02. The summed E-state index contributed by atoms with van der Waals surface area (Å²) in [7, 11) is 0. The topological polar surface area (TPSA) is 106 Å². The first-order valence-electron chi connectivity index (χ1n) is 2.57. The molecule has 0 unspecified atom stereocenters. The molecule has 6 heteroatoms. The molecule has 0 fully saturated rings. The van der Waals surface area contributed by atoms with E-state index in [9.17, 15) is 4.79 Å². The fourth-order valence-electron chi connectivity index (χ4n) is 0.397. The molecule has 0 aliphatic heterocycles. The van der Waals surface area contributed by atoms with Gasteiger partial charge >= 0.3 is 5.97 Å². The number of aliphatic hydroxyl groups is 1. The summed E-state index contributed by atoms with van der Waals surface area (Å²) in [6.45, 7) is -0.192. The van der Waals surface area contributed by atoms with E-state index in [4.69, 9.17) is 15.7 Å². The first-order chi connectivity index (χ1) is 4.66. The molecule has 0 rings (SSSR count). The van der Waals surface area contributed by atoms with Crippen molar-refractivity contribution in [1.82, 2.24) is 0 Å². The van der Waals surface area contributed by atoms with Gasteiger partial charge in [-0.05, 0) is 5.53 Å². The highest BCUT2D eigenvalue weighted by molar-refractivity contribution is 5.67. The van der Waals surface area contributed by atoms with Crippen molar-refractivity contribution in [2.45, 2.75) is 12.5 Å². The van der Waals surface area contributed by atoms with Gasteiger partial charge in [0.2, 0.25) is 0 Å². The number of aliphatic hydroxyl groups excluding tert-OH is 1. The minimum atomic E-state index is -1.11. The van der Waals surface area contributed by atoms with Crippen LogP contribution < -0.4 is 0 Å². The first kappa shape index (κ1) is 8.74. The minimum absolute atomic E-state index is 0.192. The minimum Gasteiger partial charge on any atom is -0.481 e. The lowest BCUT2D eigenvalue weighted by molar-refractivity contribution is -0.139. The van der Waals surface area contributed by atoms with E-state index in [0.717, 1.165) is 0 Å². The lowest BCUT2D eigenvalue weighted by Gasteiger charge is -2.00. The molecule has 0 spiro atoms. The maximum atomic E-state index is 9.88. The molecule has 1 atom stereocenters. The monoisotopic (exact) mass is 145 g/mol. The zero-order valence-corrected chi connectivity index (χ0v) is 5.14. The Hall–Kier alpha value is -1.26. The van der Waals surface area contributed by atoms with Crippen molar-refractivity contribution < 1.29 is 15.0 Å². The lowest BCUT2D eigenvalue weighted by Crippen LogP contribution is -2.15. The number of carboxylic acids is 1. The highest BCUT2D eigenvalue weighted by Gasteiger charge is 2.06. The number of hydrogen-bond acceptors (Lipinski definition) is 3. The average Bonchev–Trinajstić information content (AvgIpc) is 1.82. The van der Waals surface area contributed by atoms with E-state index >= 15 is 0 Å². The number of hydrogen-bond donors (Lipinski definition) is 2. The molecule has 10 heavy (non-hydrogen) atoms. The Labute approximate surface area is 56.7 Å². The molecule has 0 amide bonds. The van der Waals surface area contributed by atoms with Crippen molar-refractivity contribution in [3.63, 3.8) is 0 Å². The molecule has 0 heterocycles. The fraction of sp³-hybridized carbons (Fsp3) is 0.750. The number of carbonyl (C=O) groups is 1. The molecule has 0 saturated heterocycles. The molecule has 0 aliphatic rings. The lowest BCUT2D eigenvalue weighted by atomic mass is 10.3. The van der Waals surface area contributed by atoms with E-state index in [1.54, 1.807) is 0 Å². The van der Waals surface area contributed by atoms with Gasteiger partial charge in [-0.25, -0.2) is 0 Å². The summed E-state index contributed by atoms with van der Waals surface area (Å²) in [4.78, 5) is 12.2. The molecule has 2 N–H and O–H groups in total. The van der Waals surface area contributed by atoms with Crippen LogP contribution in [0.2, 0.25) is 0 Å². The van der Waals surface area contributed by atoms with Gasteiger partial charge in [-0.2, -0.15) is 0 Å². The van der Waals surface area contributed by atoms with E-state index in [1.807, 2.05) is 0 Å². The van der Waals surface area contributed by atoms with Gasteiger partial charge in [0.25, 0.3) is 0 Å². The fourth-order valence-corrected chi connectivity index (χ4v) is 0.397. The standard InChI is InChI=1S/C4H7N3O3/c5-7-6-2-3(8)1-4(9)10/h3,8H,1-2H2,(H,9,10)/t3-/m0/s1. The summed E-state index contributed by atoms with van der Waals surface area (Å²) >= 11 is 0. The Morgan fingerprint density at radius 3 is 2.80 bits per heavy atom. The first-order valence-corrected chi connectivity index (χ1v) is 2.57. The van der Waals surface area contributed by atoms with Crippen molar-refractivity contribution in [3.05, 3.63) is 10.4 Å². The summed E-state index contributed by atoms with van der Waals surface area (Å²) < 4.78 is 0. The maximum absolute atomic E-state index is 9.88. The average molecular weight is 145 g/mol. The third-order valence-corrected chi connectivity index (χ3v) is 0.766. The third-order valence-electron chi connectivity index (χ3n) is 0.766. The van der Waals surface area contributed by atoms with E-state index in [1.165, 1.54) is 0 Å². The van der Waals surface area contributed by atoms with Crippen molar-refractivity contribution in [2.75, 3.05) is 6.54 Å². The van der Waals surface area contributed by atoms with Gasteiger partial charge in [0.1, 0.15) is 0 Å². The van der Waals surface area contributed by atoms with Gasteiger partial charge < -0.3 is 10.2 Å². The van der Waals surface area contributed by atoms with E-state index in [0.29, 0.717) is 0 Å². The van der Waals surface area contributed by atoms with Crippen LogP contribution >= 0.6 is 0 Å². The molecule has 6 nitrogen and oxygen atoms in total. The van der Waals surface area contributed by atoms with Crippen LogP contribution in [0.5, 0.6) is 0 Å². The van der Waals surface area contributed by atoms with E-state index in [2.05, 4.69) is 10.0 Å². The molecule has 0 bridgehead atoms. The summed E-state index contributed by atoms with van der Waals surface area (Å²) in [5.41, 5.74) is 7.75. The summed E-state index contributed by atoms with van der Waals surface area (Å²) in [6, 6.07) is 0. The molecule has 0 aromatic carbocycles. The molecule has 0 aromatic heterocycles. The second-order valence-electron chi connectivity index (χ2n) is 1.67. The van der Waals surface area contributed by atoms with Gasteiger partial charge in [-0.15, -0.1) is 0 Å². The largest absolute Gasteiger partial charge is 0.481 e. The van der Waals surface area contributed by atoms with Crippen LogP contribution in [-0.2, 0) is 4.79 Å². The SMILES string of the molecule is [N-]=[N+]=NC[C@@H](O)CC(=O)O.